The third-order valence-corrected chi connectivity index (χ3v) is 3.20. The summed E-state index contributed by atoms with van der Waals surface area (Å²) in [5.74, 6) is -1.03. The molecule has 1 aromatic heterocycles. The van der Waals surface area contributed by atoms with Crippen LogP contribution in [0.2, 0.25) is 0 Å². The Labute approximate surface area is 112 Å². The monoisotopic (exact) mass is 265 g/mol. The highest BCUT2D eigenvalue weighted by Gasteiger charge is 2.20. The van der Waals surface area contributed by atoms with Crippen LogP contribution in [0, 0.1) is 0 Å². The van der Waals surface area contributed by atoms with Gasteiger partial charge in [0.05, 0.1) is 18.4 Å². The first-order valence-electron chi connectivity index (χ1n) is 6.47. The van der Waals surface area contributed by atoms with E-state index in [9.17, 15) is 4.79 Å². The summed E-state index contributed by atoms with van der Waals surface area (Å²) in [5.41, 5.74) is 0.581. The van der Waals surface area contributed by atoms with E-state index in [1.165, 1.54) is 6.20 Å². The molecule has 6 nitrogen and oxygen atoms in total. The smallest absolute Gasteiger partial charge is 0.356 e. The molecular weight excluding hydrogens is 246 g/mol. The highest BCUT2D eigenvalue weighted by atomic mass is 16.5. The number of anilines is 1. The Kier molecular flexibility index (Phi) is 4.70. The van der Waals surface area contributed by atoms with Crippen LogP contribution in [0.25, 0.3) is 0 Å². The number of ether oxygens (including phenoxy) is 1. The number of pyridine rings is 1. The molecule has 1 aliphatic heterocycles. The number of nitrogens with zero attached hydrogens (tertiary/aromatic N) is 2. The molecule has 1 fully saturated rings. The fourth-order valence-electron chi connectivity index (χ4n) is 2.13. The number of carboxylic acid groups (broad SMARTS) is 1. The zero-order chi connectivity index (χ0) is 13.7. The molecule has 6 heteroatoms. The van der Waals surface area contributed by atoms with Crippen LogP contribution in [0.4, 0.5) is 5.69 Å². The van der Waals surface area contributed by atoms with Gasteiger partial charge in [0.15, 0.2) is 5.69 Å². The van der Waals surface area contributed by atoms with Crippen LogP contribution in [0.1, 0.15) is 17.4 Å². The van der Waals surface area contributed by atoms with E-state index >= 15 is 0 Å². The van der Waals surface area contributed by atoms with Gasteiger partial charge in [-0.1, -0.05) is 6.92 Å². The summed E-state index contributed by atoms with van der Waals surface area (Å²) in [6.07, 6.45) is 1.56. The highest BCUT2D eigenvalue weighted by Crippen LogP contribution is 2.13. The number of hydrogen-bond donors (Lipinski definition) is 2. The summed E-state index contributed by atoms with van der Waals surface area (Å²) >= 11 is 0. The van der Waals surface area contributed by atoms with Crippen molar-refractivity contribution in [3.05, 3.63) is 24.0 Å². The van der Waals surface area contributed by atoms with Crippen LogP contribution >= 0.6 is 0 Å². The van der Waals surface area contributed by atoms with Crippen molar-refractivity contribution in [3.63, 3.8) is 0 Å². The van der Waals surface area contributed by atoms with Gasteiger partial charge in [-0.2, -0.15) is 0 Å². The predicted molar refractivity (Wildman–Crippen MR) is 71.5 cm³/mol. The Morgan fingerprint density at radius 3 is 3.26 bits per heavy atom. The Morgan fingerprint density at radius 1 is 1.68 bits per heavy atom. The minimum atomic E-state index is -1.03. The van der Waals surface area contributed by atoms with Gasteiger partial charge in [-0.25, -0.2) is 9.78 Å². The second kappa shape index (κ2) is 6.49. The van der Waals surface area contributed by atoms with Crippen molar-refractivity contribution in [2.45, 2.75) is 13.0 Å². The van der Waals surface area contributed by atoms with Gasteiger partial charge in [-0.15, -0.1) is 0 Å². The average Bonchev–Trinajstić information content (AvgIpc) is 2.45. The molecule has 0 bridgehead atoms. The topological polar surface area (TPSA) is 74.7 Å². The number of hydrogen-bond acceptors (Lipinski definition) is 5. The van der Waals surface area contributed by atoms with Gasteiger partial charge in [0.1, 0.15) is 0 Å². The Bertz CT molecular complexity index is 439. The standard InChI is InChI=1S/C13H19N3O3/c1-2-16-6-7-19-10(9-16)8-15-11-4-3-5-14-12(11)13(17)18/h3-5,10,15H,2,6-9H2,1H3,(H,17,18). The second-order valence-electron chi connectivity index (χ2n) is 4.47. The molecule has 0 saturated carbocycles. The average molecular weight is 265 g/mol. The van der Waals surface area contributed by atoms with Crippen molar-refractivity contribution >= 4 is 11.7 Å². The molecule has 0 radical (unpaired) electrons. The van der Waals surface area contributed by atoms with Crippen LogP contribution in [-0.2, 0) is 4.74 Å². The lowest BCUT2D eigenvalue weighted by atomic mass is 10.2. The summed E-state index contributed by atoms with van der Waals surface area (Å²) in [6.45, 7) is 6.26. The second-order valence-corrected chi connectivity index (χ2v) is 4.47. The number of aromatic carboxylic acids is 1. The van der Waals surface area contributed by atoms with Gasteiger partial charge in [0.2, 0.25) is 0 Å². The maximum absolute atomic E-state index is 11.0. The van der Waals surface area contributed by atoms with Gasteiger partial charge in [-0.05, 0) is 18.7 Å². The first-order chi connectivity index (χ1) is 9.20. The van der Waals surface area contributed by atoms with Crippen LogP contribution in [-0.4, -0.2) is 59.8 Å². The molecule has 2 N–H and O–H groups in total. The zero-order valence-electron chi connectivity index (χ0n) is 11.0. The first kappa shape index (κ1) is 13.8. The van der Waals surface area contributed by atoms with E-state index in [1.807, 2.05) is 0 Å². The molecular formula is C13H19N3O3. The van der Waals surface area contributed by atoms with E-state index in [0.717, 1.165) is 26.2 Å². The molecule has 0 spiro atoms. The van der Waals surface area contributed by atoms with Gasteiger partial charge >= 0.3 is 5.97 Å². The number of likely N-dealkylation sites (N-methyl/N-ethyl adjacent to an activating group) is 1. The molecule has 1 aromatic rings. The number of rotatable bonds is 5. The Hall–Kier alpha value is -1.66. The van der Waals surface area contributed by atoms with E-state index in [4.69, 9.17) is 9.84 Å². The summed E-state index contributed by atoms with van der Waals surface area (Å²) in [7, 11) is 0. The molecule has 0 amide bonds. The lowest BCUT2D eigenvalue weighted by Gasteiger charge is -2.32. The van der Waals surface area contributed by atoms with Crippen molar-refractivity contribution in [2.75, 3.05) is 38.1 Å². The van der Waals surface area contributed by atoms with Gasteiger partial charge in [0.25, 0.3) is 0 Å². The molecule has 0 aliphatic carbocycles. The lowest BCUT2D eigenvalue weighted by molar-refractivity contribution is -0.0191. The van der Waals surface area contributed by atoms with Crippen LogP contribution < -0.4 is 5.32 Å². The summed E-state index contributed by atoms with van der Waals surface area (Å²) in [6, 6.07) is 3.44. The van der Waals surface area contributed by atoms with Crippen molar-refractivity contribution in [1.29, 1.82) is 0 Å². The van der Waals surface area contributed by atoms with E-state index in [0.29, 0.717) is 12.2 Å². The predicted octanol–water partition coefficient (Wildman–Crippen LogP) is 0.912. The van der Waals surface area contributed by atoms with Gasteiger partial charge in [0, 0.05) is 25.8 Å². The molecule has 1 unspecified atom stereocenters. The number of carboxylic acids is 1. The summed E-state index contributed by atoms with van der Waals surface area (Å²) < 4.78 is 5.66. The molecule has 1 aliphatic rings. The zero-order valence-corrected chi connectivity index (χ0v) is 11.0. The molecule has 104 valence electrons. The third-order valence-electron chi connectivity index (χ3n) is 3.20. The van der Waals surface area contributed by atoms with Crippen LogP contribution in [0.15, 0.2) is 18.3 Å². The van der Waals surface area contributed by atoms with E-state index < -0.39 is 5.97 Å². The number of carbonyl (C=O) groups is 1. The van der Waals surface area contributed by atoms with E-state index in [2.05, 4.69) is 22.1 Å². The molecule has 1 saturated heterocycles. The number of morpholine rings is 1. The van der Waals surface area contributed by atoms with Crippen molar-refractivity contribution in [1.82, 2.24) is 9.88 Å². The Balaban J connectivity index is 1.93. The molecule has 0 aromatic carbocycles. The molecule has 2 heterocycles. The molecule has 2 rings (SSSR count). The van der Waals surface area contributed by atoms with Gasteiger partial charge < -0.3 is 15.2 Å². The third kappa shape index (κ3) is 3.65. The largest absolute Gasteiger partial charge is 0.476 e. The van der Waals surface area contributed by atoms with Crippen LogP contribution in [0.5, 0.6) is 0 Å². The normalized spacial score (nSPS) is 20.2. The van der Waals surface area contributed by atoms with Crippen molar-refractivity contribution in [3.8, 4) is 0 Å². The summed E-state index contributed by atoms with van der Waals surface area (Å²) in [4.78, 5) is 17.2. The quantitative estimate of drug-likeness (QED) is 0.824. The van der Waals surface area contributed by atoms with E-state index in [-0.39, 0.29) is 11.8 Å². The maximum Gasteiger partial charge on any atom is 0.356 e. The molecule has 19 heavy (non-hydrogen) atoms. The SMILES string of the molecule is CCN1CCOC(CNc2cccnc2C(=O)O)C1. The van der Waals surface area contributed by atoms with Crippen LogP contribution in [0.3, 0.4) is 0 Å². The highest BCUT2D eigenvalue weighted by molar-refractivity contribution is 5.91. The maximum atomic E-state index is 11.0. The van der Waals surface area contributed by atoms with Gasteiger partial charge in [-0.3, -0.25) is 4.90 Å². The minimum Gasteiger partial charge on any atom is -0.476 e. The van der Waals surface area contributed by atoms with Crippen molar-refractivity contribution < 1.29 is 14.6 Å². The Morgan fingerprint density at radius 2 is 2.53 bits per heavy atom. The first-order valence-corrected chi connectivity index (χ1v) is 6.47. The summed E-state index contributed by atoms with van der Waals surface area (Å²) in [5, 5.41) is 12.2. The van der Waals surface area contributed by atoms with E-state index in [1.54, 1.807) is 12.1 Å². The fraction of sp³-hybridized carbons (Fsp3) is 0.538. The minimum absolute atomic E-state index is 0.0469. The fourth-order valence-corrected chi connectivity index (χ4v) is 2.13. The van der Waals surface area contributed by atoms with Crippen molar-refractivity contribution in [2.24, 2.45) is 0 Å². The lowest BCUT2D eigenvalue weighted by Crippen LogP contribution is -2.45. The number of aromatic nitrogens is 1. The number of nitrogens with one attached hydrogen (secondary N) is 1. The molecule has 1 atom stereocenters.